The molecule has 8 heteroatoms. The number of para-hydroxylation sites is 1. The number of carbonyl (C=O) groups excluding carboxylic acids is 2. The molecule has 0 saturated carbocycles. The first kappa shape index (κ1) is 24.6. The van der Waals surface area contributed by atoms with E-state index in [0.717, 1.165) is 17.2 Å². The zero-order valence-corrected chi connectivity index (χ0v) is 19.1. The lowest BCUT2D eigenvalue weighted by Crippen LogP contribution is -2.27. The molecule has 0 bridgehead atoms. The van der Waals surface area contributed by atoms with Crippen molar-refractivity contribution in [2.24, 2.45) is 0 Å². The van der Waals surface area contributed by atoms with Gasteiger partial charge in [-0.3, -0.25) is 9.59 Å². The summed E-state index contributed by atoms with van der Waals surface area (Å²) in [5.41, 5.74) is 1.92. The zero-order valence-electron chi connectivity index (χ0n) is 19.1. The lowest BCUT2D eigenvalue weighted by molar-refractivity contribution is -0.114. The van der Waals surface area contributed by atoms with Crippen molar-refractivity contribution in [3.05, 3.63) is 84.4 Å². The van der Waals surface area contributed by atoms with Crippen molar-refractivity contribution in [1.29, 1.82) is 0 Å². The number of anilines is 2. The third kappa shape index (κ3) is 8.48. The van der Waals surface area contributed by atoms with Crippen LogP contribution in [0.5, 0.6) is 11.5 Å². The van der Waals surface area contributed by atoms with Crippen molar-refractivity contribution in [2.45, 2.75) is 0 Å². The highest BCUT2D eigenvalue weighted by Gasteiger charge is 2.07. The van der Waals surface area contributed by atoms with E-state index in [1.807, 2.05) is 54.6 Å². The summed E-state index contributed by atoms with van der Waals surface area (Å²) in [5, 5.41) is 8.62. The van der Waals surface area contributed by atoms with Gasteiger partial charge in [-0.05, 0) is 60.7 Å². The van der Waals surface area contributed by atoms with Crippen LogP contribution < -0.4 is 25.4 Å². The fourth-order valence-corrected chi connectivity index (χ4v) is 2.97. The molecule has 0 heterocycles. The van der Waals surface area contributed by atoms with Crippen LogP contribution in [0.25, 0.3) is 0 Å². The van der Waals surface area contributed by atoms with Gasteiger partial charge in [0.2, 0.25) is 5.91 Å². The SMILES string of the molecule is COCCNC(=O)c1ccc(NC(=O)CNc2ccc(OCCOc3ccccc3)cc2)cc1. The van der Waals surface area contributed by atoms with E-state index in [9.17, 15) is 9.59 Å². The molecule has 0 saturated heterocycles. The van der Waals surface area contributed by atoms with E-state index >= 15 is 0 Å². The highest BCUT2D eigenvalue weighted by molar-refractivity contribution is 5.96. The van der Waals surface area contributed by atoms with Gasteiger partial charge in [0.15, 0.2) is 0 Å². The first-order chi connectivity index (χ1) is 16.6. The molecule has 3 aromatic carbocycles. The Morgan fingerprint density at radius 1 is 0.735 bits per heavy atom. The standard InChI is InChI=1S/C26H29N3O5/c1-32-16-15-27-26(31)20-7-9-22(10-8-20)29-25(30)19-28-21-11-13-24(14-12-21)34-18-17-33-23-5-3-2-4-6-23/h2-14,28H,15-19H2,1H3,(H,27,31)(H,29,30). The molecule has 2 amide bonds. The van der Waals surface area contributed by atoms with E-state index in [-0.39, 0.29) is 18.4 Å². The van der Waals surface area contributed by atoms with Crippen LogP contribution in [0.3, 0.4) is 0 Å². The summed E-state index contributed by atoms with van der Waals surface area (Å²) in [4.78, 5) is 24.2. The van der Waals surface area contributed by atoms with Crippen LogP contribution in [0.1, 0.15) is 10.4 Å². The van der Waals surface area contributed by atoms with Gasteiger partial charge in [0.05, 0.1) is 13.2 Å². The highest BCUT2D eigenvalue weighted by atomic mass is 16.5. The second-order valence-electron chi connectivity index (χ2n) is 7.26. The lowest BCUT2D eigenvalue weighted by atomic mass is 10.2. The van der Waals surface area contributed by atoms with Crippen LogP contribution in [0.4, 0.5) is 11.4 Å². The molecule has 0 atom stereocenters. The fraction of sp³-hybridized carbons (Fsp3) is 0.231. The van der Waals surface area contributed by atoms with Gasteiger partial charge in [0, 0.05) is 30.6 Å². The van der Waals surface area contributed by atoms with Gasteiger partial charge in [0.1, 0.15) is 24.7 Å². The first-order valence-corrected chi connectivity index (χ1v) is 11.0. The number of hydrogen-bond donors (Lipinski definition) is 3. The minimum absolute atomic E-state index is 0.102. The third-order valence-corrected chi connectivity index (χ3v) is 4.69. The van der Waals surface area contributed by atoms with Gasteiger partial charge in [-0.2, -0.15) is 0 Å². The molecule has 0 spiro atoms. The molecule has 34 heavy (non-hydrogen) atoms. The average Bonchev–Trinajstić information content (AvgIpc) is 2.87. The predicted molar refractivity (Wildman–Crippen MR) is 132 cm³/mol. The van der Waals surface area contributed by atoms with Crippen LogP contribution in [-0.2, 0) is 9.53 Å². The Labute approximate surface area is 199 Å². The Morgan fingerprint density at radius 2 is 1.35 bits per heavy atom. The number of benzene rings is 3. The Morgan fingerprint density at radius 3 is 2.00 bits per heavy atom. The van der Waals surface area contributed by atoms with Crippen molar-refractivity contribution in [2.75, 3.05) is 50.7 Å². The molecule has 0 unspecified atom stereocenters. The molecule has 0 aliphatic carbocycles. The van der Waals surface area contributed by atoms with E-state index in [0.29, 0.717) is 37.6 Å². The van der Waals surface area contributed by atoms with Crippen LogP contribution in [0.15, 0.2) is 78.9 Å². The fourth-order valence-electron chi connectivity index (χ4n) is 2.97. The normalized spacial score (nSPS) is 10.3. The average molecular weight is 464 g/mol. The summed E-state index contributed by atoms with van der Waals surface area (Å²) in [6, 6.07) is 23.6. The second-order valence-corrected chi connectivity index (χ2v) is 7.26. The number of nitrogens with one attached hydrogen (secondary N) is 3. The van der Waals surface area contributed by atoms with Crippen LogP contribution in [0, 0.1) is 0 Å². The summed E-state index contributed by atoms with van der Waals surface area (Å²) in [5.74, 6) is 1.14. The Hall–Kier alpha value is -4.04. The Kier molecular flexibility index (Phi) is 9.76. The number of methoxy groups -OCH3 is 1. The van der Waals surface area contributed by atoms with E-state index in [2.05, 4.69) is 16.0 Å². The molecular weight excluding hydrogens is 434 g/mol. The van der Waals surface area contributed by atoms with E-state index in [1.165, 1.54) is 0 Å². The first-order valence-electron chi connectivity index (χ1n) is 11.0. The van der Waals surface area contributed by atoms with Gasteiger partial charge in [0.25, 0.3) is 5.91 Å². The number of carbonyl (C=O) groups is 2. The summed E-state index contributed by atoms with van der Waals surface area (Å²) >= 11 is 0. The molecule has 3 aromatic rings. The van der Waals surface area contributed by atoms with Crippen molar-refractivity contribution in [3.63, 3.8) is 0 Å². The van der Waals surface area contributed by atoms with Gasteiger partial charge in [-0.25, -0.2) is 0 Å². The summed E-state index contributed by atoms with van der Waals surface area (Å²) < 4.78 is 16.2. The van der Waals surface area contributed by atoms with Crippen LogP contribution in [-0.4, -0.2) is 51.8 Å². The van der Waals surface area contributed by atoms with Gasteiger partial charge < -0.3 is 30.2 Å². The van der Waals surface area contributed by atoms with Gasteiger partial charge in [-0.1, -0.05) is 18.2 Å². The maximum absolute atomic E-state index is 12.2. The molecule has 3 N–H and O–H groups in total. The largest absolute Gasteiger partial charge is 0.490 e. The smallest absolute Gasteiger partial charge is 0.251 e. The number of amides is 2. The van der Waals surface area contributed by atoms with Crippen molar-refractivity contribution >= 4 is 23.2 Å². The predicted octanol–water partition coefficient (Wildman–Crippen LogP) is 3.57. The van der Waals surface area contributed by atoms with Gasteiger partial charge in [-0.15, -0.1) is 0 Å². The van der Waals surface area contributed by atoms with Crippen LogP contribution in [0.2, 0.25) is 0 Å². The van der Waals surface area contributed by atoms with Gasteiger partial charge >= 0.3 is 0 Å². The molecule has 178 valence electrons. The van der Waals surface area contributed by atoms with Crippen molar-refractivity contribution in [1.82, 2.24) is 5.32 Å². The number of rotatable bonds is 13. The number of ether oxygens (including phenoxy) is 3. The molecule has 0 aromatic heterocycles. The molecule has 8 nitrogen and oxygen atoms in total. The maximum Gasteiger partial charge on any atom is 0.251 e. The quantitative estimate of drug-likeness (QED) is 0.335. The highest BCUT2D eigenvalue weighted by Crippen LogP contribution is 2.16. The third-order valence-electron chi connectivity index (χ3n) is 4.69. The van der Waals surface area contributed by atoms with Crippen molar-refractivity contribution < 1.29 is 23.8 Å². The zero-order chi connectivity index (χ0) is 24.0. The van der Waals surface area contributed by atoms with E-state index in [4.69, 9.17) is 14.2 Å². The second kappa shape index (κ2) is 13.5. The minimum atomic E-state index is -0.198. The molecule has 0 fully saturated rings. The molecule has 3 rings (SSSR count). The summed E-state index contributed by atoms with van der Waals surface area (Å²) in [7, 11) is 1.58. The lowest BCUT2D eigenvalue weighted by Gasteiger charge is -2.10. The molecular formula is C26H29N3O5. The minimum Gasteiger partial charge on any atom is -0.490 e. The Balaban J connectivity index is 1.35. The summed E-state index contributed by atoms with van der Waals surface area (Å²) in [6.07, 6.45) is 0. The van der Waals surface area contributed by atoms with E-state index in [1.54, 1.807) is 31.4 Å². The molecule has 0 aliphatic heterocycles. The topological polar surface area (TPSA) is 97.9 Å². The molecule has 0 aliphatic rings. The Bertz CT molecular complexity index is 1020. The van der Waals surface area contributed by atoms with E-state index < -0.39 is 0 Å². The summed E-state index contributed by atoms with van der Waals surface area (Å²) in [6.45, 7) is 1.87. The molecule has 0 radical (unpaired) electrons. The van der Waals surface area contributed by atoms with Crippen LogP contribution >= 0.6 is 0 Å². The monoisotopic (exact) mass is 463 g/mol. The van der Waals surface area contributed by atoms with Crippen molar-refractivity contribution in [3.8, 4) is 11.5 Å². The number of hydrogen-bond acceptors (Lipinski definition) is 6. The maximum atomic E-state index is 12.2.